The van der Waals surface area contributed by atoms with Crippen molar-refractivity contribution < 1.29 is 17.6 Å². The lowest BCUT2D eigenvalue weighted by Gasteiger charge is -2.21. The molecule has 0 amide bonds. The maximum Gasteiger partial charge on any atom is 0.408 e. The lowest BCUT2D eigenvalue weighted by molar-refractivity contribution is -0.138. The second-order valence-corrected chi connectivity index (χ2v) is 5.55. The van der Waals surface area contributed by atoms with E-state index in [1.165, 1.54) is 19.1 Å². The smallest absolute Gasteiger partial charge is 0.358 e. The van der Waals surface area contributed by atoms with Gasteiger partial charge in [-0.2, -0.15) is 13.2 Å². The van der Waals surface area contributed by atoms with Crippen molar-refractivity contribution in [1.29, 1.82) is 0 Å². The number of aromatic nitrogens is 2. The zero-order valence-corrected chi connectivity index (χ0v) is 13.5. The molecular formula is C14H11Cl2F4N3. The second kappa shape index (κ2) is 6.49. The molecule has 1 unspecified atom stereocenters. The van der Waals surface area contributed by atoms with Gasteiger partial charge in [0.2, 0.25) is 0 Å². The van der Waals surface area contributed by atoms with Crippen LogP contribution in [0.2, 0.25) is 10.2 Å². The van der Waals surface area contributed by atoms with Crippen LogP contribution in [-0.4, -0.2) is 22.2 Å². The van der Waals surface area contributed by atoms with Crippen molar-refractivity contribution in [1.82, 2.24) is 9.97 Å². The first kappa shape index (κ1) is 17.7. The molecule has 0 aliphatic carbocycles. The summed E-state index contributed by atoms with van der Waals surface area (Å²) in [5.41, 5.74) is -0.271. The molecule has 2 aromatic rings. The molecule has 0 bridgehead atoms. The van der Waals surface area contributed by atoms with Gasteiger partial charge in [0, 0.05) is 5.56 Å². The third-order valence-electron chi connectivity index (χ3n) is 3.03. The molecule has 0 saturated heterocycles. The normalized spacial score (nSPS) is 13.0. The molecule has 0 saturated carbocycles. The molecule has 1 atom stereocenters. The number of hydrogen-bond donors (Lipinski definition) is 1. The number of anilines is 1. The zero-order chi connectivity index (χ0) is 17.4. The monoisotopic (exact) mass is 367 g/mol. The van der Waals surface area contributed by atoms with Crippen LogP contribution in [0, 0.1) is 12.7 Å². The van der Waals surface area contributed by atoms with Gasteiger partial charge in [-0.15, -0.1) is 0 Å². The molecule has 23 heavy (non-hydrogen) atoms. The van der Waals surface area contributed by atoms with E-state index in [-0.39, 0.29) is 32.9 Å². The molecule has 1 heterocycles. The molecule has 3 nitrogen and oxygen atoms in total. The minimum atomic E-state index is -4.51. The molecule has 0 aliphatic heterocycles. The van der Waals surface area contributed by atoms with Crippen LogP contribution in [0.3, 0.4) is 0 Å². The Morgan fingerprint density at radius 2 is 1.78 bits per heavy atom. The predicted molar refractivity (Wildman–Crippen MR) is 81.3 cm³/mol. The van der Waals surface area contributed by atoms with Crippen LogP contribution in [0.4, 0.5) is 23.4 Å². The first-order valence-corrected chi connectivity index (χ1v) is 7.18. The Kier molecular flexibility index (Phi) is 5.01. The lowest BCUT2D eigenvalue weighted by Crippen LogP contribution is -2.33. The molecule has 1 N–H and O–H groups in total. The number of nitrogens with zero attached hydrogens (tertiary/aromatic N) is 2. The second-order valence-electron chi connectivity index (χ2n) is 4.79. The highest BCUT2D eigenvalue weighted by Gasteiger charge is 2.37. The van der Waals surface area contributed by atoms with Crippen LogP contribution < -0.4 is 5.32 Å². The molecular weight excluding hydrogens is 357 g/mol. The molecule has 9 heteroatoms. The van der Waals surface area contributed by atoms with Gasteiger partial charge in [0.15, 0.2) is 0 Å². The summed E-state index contributed by atoms with van der Waals surface area (Å²) >= 11 is 12.0. The van der Waals surface area contributed by atoms with Gasteiger partial charge in [0.05, 0.1) is 10.6 Å². The van der Waals surface area contributed by atoms with Crippen molar-refractivity contribution in [2.24, 2.45) is 0 Å². The number of alkyl halides is 3. The first-order valence-electron chi connectivity index (χ1n) is 6.43. The summed E-state index contributed by atoms with van der Waals surface area (Å²) in [6, 6.07) is 1.97. The Balaban J connectivity index is 2.64. The summed E-state index contributed by atoms with van der Waals surface area (Å²) in [6.45, 7) is 2.38. The third-order valence-corrected chi connectivity index (χ3v) is 3.62. The van der Waals surface area contributed by atoms with Crippen LogP contribution in [-0.2, 0) is 0 Å². The highest BCUT2D eigenvalue weighted by molar-refractivity contribution is 6.36. The quantitative estimate of drug-likeness (QED) is 0.593. The zero-order valence-electron chi connectivity index (χ0n) is 12.0. The van der Waals surface area contributed by atoms with Crippen molar-refractivity contribution in [3.05, 3.63) is 40.0 Å². The summed E-state index contributed by atoms with van der Waals surface area (Å²) in [7, 11) is 0. The van der Waals surface area contributed by atoms with E-state index in [1.807, 2.05) is 0 Å². The maximum absolute atomic E-state index is 14.1. The average molecular weight is 368 g/mol. The summed E-state index contributed by atoms with van der Waals surface area (Å²) in [6.07, 6.45) is -4.51. The molecule has 1 aromatic carbocycles. The van der Waals surface area contributed by atoms with Crippen LogP contribution >= 0.6 is 23.2 Å². The van der Waals surface area contributed by atoms with Crippen LogP contribution in [0.25, 0.3) is 11.1 Å². The number of hydrogen-bond acceptors (Lipinski definition) is 3. The Morgan fingerprint density at radius 3 is 2.35 bits per heavy atom. The number of benzene rings is 1. The van der Waals surface area contributed by atoms with Crippen LogP contribution in [0.15, 0.2) is 18.2 Å². The molecule has 0 fully saturated rings. The van der Waals surface area contributed by atoms with E-state index in [2.05, 4.69) is 15.3 Å². The molecule has 0 aliphatic rings. The van der Waals surface area contributed by atoms with E-state index in [0.717, 1.165) is 13.0 Å². The largest absolute Gasteiger partial charge is 0.408 e. The summed E-state index contributed by atoms with van der Waals surface area (Å²) in [5, 5.41) is 1.99. The summed E-state index contributed by atoms with van der Waals surface area (Å²) in [5.74, 6) is -0.836. The highest BCUT2D eigenvalue weighted by Crippen LogP contribution is 2.39. The fourth-order valence-electron chi connectivity index (χ4n) is 1.89. The minimum absolute atomic E-state index is 0.0120. The Labute approximate surface area is 139 Å². The van der Waals surface area contributed by atoms with Crippen molar-refractivity contribution in [3.63, 3.8) is 0 Å². The Morgan fingerprint density at radius 1 is 1.13 bits per heavy atom. The van der Waals surface area contributed by atoms with Gasteiger partial charge in [-0.1, -0.05) is 29.3 Å². The SMILES string of the molecule is Cc1nc(Cl)c(-c2c(F)cccc2Cl)c(NC(C)C(F)(F)F)n1. The summed E-state index contributed by atoms with van der Waals surface area (Å²) in [4.78, 5) is 7.78. The van der Waals surface area contributed by atoms with E-state index < -0.39 is 18.0 Å². The average Bonchev–Trinajstić information content (AvgIpc) is 2.39. The molecule has 1 aromatic heterocycles. The highest BCUT2D eigenvalue weighted by atomic mass is 35.5. The van der Waals surface area contributed by atoms with E-state index in [9.17, 15) is 17.6 Å². The van der Waals surface area contributed by atoms with Gasteiger partial charge in [-0.25, -0.2) is 14.4 Å². The molecule has 0 radical (unpaired) electrons. The molecule has 2 rings (SSSR count). The van der Waals surface area contributed by atoms with Gasteiger partial charge in [0.25, 0.3) is 0 Å². The van der Waals surface area contributed by atoms with Crippen LogP contribution in [0.1, 0.15) is 12.7 Å². The Hall–Kier alpha value is -1.60. The topological polar surface area (TPSA) is 37.8 Å². The van der Waals surface area contributed by atoms with Crippen molar-refractivity contribution in [2.75, 3.05) is 5.32 Å². The molecule has 124 valence electrons. The van der Waals surface area contributed by atoms with Crippen molar-refractivity contribution in [2.45, 2.75) is 26.1 Å². The van der Waals surface area contributed by atoms with Crippen LogP contribution in [0.5, 0.6) is 0 Å². The van der Waals surface area contributed by atoms with Gasteiger partial charge in [-0.05, 0) is 26.0 Å². The number of rotatable bonds is 3. The third kappa shape index (κ3) is 3.84. The maximum atomic E-state index is 14.1. The van der Waals surface area contributed by atoms with Gasteiger partial charge >= 0.3 is 6.18 Å². The molecule has 0 spiro atoms. The minimum Gasteiger partial charge on any atom is -0.358 e. The lowest BCUT2D eigenvalue weighted by atomic mass is 10.1. The van der Waals surface area contributed by atoms with E-state index in [1.54, 1.807) is 0 Å². The number of aryl methyl sites for hydroxylation is 1. The Bertz CT molecular complexity index is 714. The van der Waals surface area contributed by atoms with Gasteiger partial charge in [0.1, 0.15) is 28.7 Å². The number of nitrogens with one attached hydrogen (secondary N) is 1. The van der Waals surface area contributed by atoms with E-state index in [0.29, 0.717) is 0 Å². The fourth-order valence-corrected chi connectivity index (χ4v) is 2.45. The van der Waals surface area contributed by atoms with E-state index >= 15 is 0 Å². The summed E-state index contributed by atoms with van der Waals surface area (Å²) < 4.78 is 52.5. The van der Waals surface area contributed by atoms with Gasteiger partial charge in [-0.3, -0.25) is 0 Å². The fraction of sp³-hybridized carbons (Fsp3) is 0.286. The van der Waals surface area contributed by atoms with Crippen molar-refractivity contribution >= 4 is 29.0 Å². The standard InChI is InChI=1S/C14H11Cl2F4N3/c1-6(14(18,19)20)21-13-11(12(16)22-7(2)23-13)10-8(15)4-3-5-9(10)17/h3-6H,1-2H3,(H,21,22,23). The number of halogens is 6. The first-order chi connectivity index (χ1) is 10.6. The predicted octanol–water partition coefficient (Wildman–Crippen LogP) is 5.26. The van der Waals surface area contributed by atoms with E-state index in [4.69, 9.17) is 23.2 Å². The van der Waals surface area contributed by atoms with Gasteiger partial charge < -0.3 is 5.32 Å². The van der Waals surface area contributed by atoms with Crippen molar-refractivity contribution in [3.8, 4) is 11.1 Å².